The molecule has 7 nitrogen and oxygen atoms in total. The normalized spacial score (nSPS) is 24.5. The number of hydrogen-bond acceptors (Lipinski definition) is 6. The number of rotatable bonds is 9. The first-order chi connectivity index (χ1) is 17.3. The molecule has 1 aliphatic heterocycles. The van der Waals surface area contributed by atoms with Crippen molar-refractivity contribution in [1.82, 2.24) is 24.9 Å². The summed E-state index contributed by atoms with van der Waals surface area (Å²) in [4.78, 5) is 21.1. The average Bonchev–Trinajstić information content (AvgIpc) is 3.11. The molecule has 0 spiro atoms. The maximum atomic E-state index is 13.1. The summed E-state index contributed by atoms with van der Waals surface area (Å²) in [6.45, 7) is 3.09. The van der Waals surface area contributed by atoms with Gasteiger partial charge in [0.25, 0.3) is 5.92 Å². The van der Waals surface area contributed by atoms with Gasteiger partial charge in [-0.25, -0.2) is 13.8 Å². The summed E-state index contributed by atoms with van der Waals surface area (Å²) < 4.78 is 31.9. The summed E-state index contributed by atoms with van der Waals surface area (Å²) in [6, 6.07) is 3.90. The quantitative estimate of drug-likeness (QED) is 0.513. The molecule has 0 atom stereocenters. The summed E-state index contributed by atoms with van der Waals surface area (Å²) >= 11 is 0. The smallest absolute Gasteiger partial charge is 0.255 e. The number of pyridine rings is 1. The largest absolute Gasteiger partial charge is 0.474 e. The van der Waals surface area contributed by atoms with Crippen LogP contribution in [0.4, 0.5) is 8.78 Å². The van der Waals surface area contributed by atoms with Gasteiger partial charge in [-0.3, -0.25) is 4.79 Å². The number of alkyl halides is 2. The van der Waals surface area contributed by atoms with Gasteiger partial charge in [-0.2, -0.15) is 15.0 Å². The minimum absolute atomic E-state index is 0.208. The summed E-state index contributed by atoms with van der Waals surface area (Å²) in [7, 11) is 1.77. The van der Waals surface area contributed by atoms with E-state index in [1.807, 2.05) is 6.07 Å². The fraction of sp³-hybridized carbons (Fsp3) is 0.704. The number of ether oxygens (including phenoxy) is 1. The van der Waals surface area contributed by atoms with Crippen molar-refractivity contribution in [3.8, 4) is 5.88 Å². The lowest BCUT2D eigenvalue weighted by molar-refractivity contribution is -0.135. The molecule has 0 aromatic carbocycles. The molecular weight excluding hydrogens is 464 g/mol. The number of carbonyl (C=O) groups is 1. The Morgan fingerprint density at radius 3 is 2.58 bits per heavy atom. The Balaban J connectivity index is 1.01. The topological polar surface area (TPSA) is 73.1 Å². The van der Waals surface area contributed by atoms with Gasteiger partial charge >= 0.3 is 0 Å². The van der Waals surface area contributed by atoms with Gasteiger partial charge in [0.05, 0.1) is 18.3 Å². The van der Waals surface area contributed by atoms with Crippen molar-refractivity contribution >= 4 is 5.78 Å². The molecular formula is C27H37F2N5O2. The van der Waals surface area contributed by atoms with E-state index in [0.29, 0.717) is 24.6 Å². The summed E-state index contributed by atoms with van der Waals surface area (Å²) in [5, 5.41) is 8.26. The molecule has 3 aliphatic rings. The van der Waals surface area contributed by atoms with Crippen LogP contribution >= 0.6 is 0 Å². The third kappa shape index (κ3) is 6.66. The van der Waals surface area contributed by atoms with Crippen LogP contribution in [0.25, 0.3) is 0 Å². The van der Waals surface area contributed by atoms with Crippen LogP contribution in [0, 0.1) is 11.8 Å². The zero-order valence-corrected chi connectivity index (χ0v) is 21.2. The number of aryl methyl sites for hydroxylation is 1. The average molecular weight is 502 g/mol. The second-order valence-electron chi connectivity index (χ2n) is 11.0. The number of Topliss-reactive ketones (excluding diaryl/α,β-unsaturated/α-hetero) is 1. The molecule has 36 heavy (non-hydrogen) atoms. The molecule has 0 N–H and O–H groups in total. The molecule has 2 aliphatic carbocycles. The van der Waals surface area contributed by atoms with Crippen molar-refractivity contribution in [3.63, 3.8) is 0 Å². The second kappa shape index (κ2) is 10.9. The first kappa shape index (κ1) is 25.2. The Bertz CT molecular complexity index is 1040. The van der Waals surface area contributed by atoms with Gasteiger partial charge in [0.1, 0.15) is 11.9 Å². The number of halogens is 2. The zero-order chi connectivity index (χ0) is 25.1. The van der Waals surface area contributed by atoms with E-state index in [9.17, 15) is 13.6 Å². The predicted molar refractivity (Wildman–Crippen MR) is 131 cm³/mol. The number of nitrogens with zero attached hydrogens (tertiary/aromatic N) is 5. The molecule has 2 saturated carbocycles. The van der Waals surface area contributed by atoms with Crippen LogP contribution in [0.1, 0.15) is 68.3 Å². The van der Waals surface area contributed by atoms with E-state index in [-0.39, 0.29) is 18.6 Å². The summed E-state index contributed by atoms with van der Waals surface area (Å²) in [5.41, 5.74) is 3.06. The molecule has 0 unspecified atom stereocenters. The van der Waals surface area contributed by atoms with E-state index in [0.717, 1.165) is 62.6 Å². The third-order valence-corrected chi connectivity index (χ3v) is 8.11. The standard InChI is InChI=1S/C27H37F2N5O2/c1-33-30-18-22(32-33)15-23(35)14-20-4-2-19(3-5-20)8-11-34-12-9-21-6-7-26(31-25(21)10-13-34)36-24-16-27(28,29)17-24/h6-7,18-20,24H,2-5,8-17H2,1H3. The molecule has 0 radical (unpaired) electrons. The van der Waals surface area contributed by atoms with Gasteiger partial charge < -0.3 is 9.64 Å². The van der Waals surface area contributed by atoms with Crippen LogP contribution in [0.3, 0.4) is 0 Å². The highest BCUT2D eigenvalue weighted by atomic mass is 19.3. The molecule has 2 aromatic rings. The van der Waals surface area contributed by atoms with Gasteiger partial charge in [0.2, 0.25) is 5.88 Å². The van der Waals surface area contributed by atoms with E-state index in [2.05, 4.69) is 26.1 Å². The molecule has 0 amide bonds. The highest BCUT2D eigenvalue weighted by Crippen LogP contribution is 2.39. The Kier molecular flexibility index (Phi) is 7.65. The monoisotopic (exact) mass is 501 g/mol. The van der Waals surface area contributed by atoms with Crippen molar-refractivity contribution in [2.24, 2.45) is 18.9 Å². The van der Waals surface area contributed by atoms with Gasteiger partial charge in [0, 0.05) is 57.6 Å². The Morgan fingerprint density at radius 2 is 1.86 bits per heavy atom. The SMILES string of the molecule is Cn1ncc(CC(=O)CC2CCC(CCN3CCc4ccc(OC5CC(F)(F)C5)nc4CC3)CC2)n1. The van der Waals surface area contributed by atoms with Crippen molar-refractivity contribution in [1.29, 1.82) is 0 Å². The minimum Gasteiger partial charge on any atom is -0.474 e. The van der Waals surface area contributed by atoms with Crippen LogP contribution < -0.4 is 4.74 Å². The molecule has 196 valence electrons. The number of fused-ring (bicyclic) bond motifs is 1. The van der Waals surface area contributed by atoms with E-state index in [1.165, 1.54) is 29.6 Å². The van der Waals surface area contributed by atoms with Crippen molar-refractivity contribution in [3.05, 3.63) is 35.3 Å². The number of aromatic nitrogens is 4. The highest BCUT2D eigenvalue weighted by Gasteiger charge is 2.47. The number of ketones is 1. The minimum atomic E-state index is -2.58. The Morgan fingerprint density at radius 1 is 1.11 bits per heavy atom. The third-order valence-electron chi connectivity index (χ3n) is 8.11. The van der Waals surface area contributed by atoms with Gasteiger partial charge in [0.15, 0.2) is 0 Å². The number of carbonyl (C=O) groups excluding carboxylic acids is 1. The van der Waals surface area contributed by atoms with E-state index >= 15 is 0 Å². The van der Waals surface area contributed by atoms with Crippen molar-refractivity contribution < 1.29 is 18.3 Å². The predicted octanol–water partition coefficient (Wildman–Crippen LogP) is 4.19. The van der Waals surface area contributed by atoms with Crippen LogP contribution in [-0.2, 0) is 31.1 Å². The lowest BCUT2D eigenvalue weighted by Crippen LogP contribution is -2.43. The van der Waals surface area contributed by atoms with Gasteiger partial charge in [-0.15, -0.1) is 0 Å². The fourth-order valence-electron chi connectivity index (χ4n) is 5.91. The lowest BCUT2D eigenvalue weighted by Gasteiger charge is -2.34. The van der Waals surface area contributed by atoms with Gasteiger partial charge in [-0.05, 0) is 49.6 Å². The first-order valence-electron chi connectivity index (χ1n) is 13.4. The van der Waals surface area contributed by atoms with Crippen LogP contribution in [-0.4, -0.2) is 62.3 Å². The highest BCUT2D eigenvalue weighted by molar-refractivity contribution is 5.80. The molecule has 2 aromatic heterocycles. The molecule has 9 heteroatoms. The van der Waals surface area contributed by atoms with E-state index in [1.54, 1.807) is 13.2 Å². The first-order valence-corrected chi connectivity index (χ1v) is 13.4. The molecule has 3 heterocycles. The fourth-order valence-corrected chi connectivity index (χ4v) is 5.91. The van der Waals surface area contributed by atoms with Crippen molar-refractivity contribution in [2.45, 2.75) is 82.7 Å². The van der Waals surface area contributed by atoms with Crippen LogP contribution in [0.2, 0.25) is 0 Å². The van der Waals surface area contributed by atoms with Gasteiger partial charge in [-0.1, -0.05) is 18.9 Å². The maximum absolute atomic E-state index is 13.1. The Labute approximate surface area is 211 Å². The van der Waals surface area contributed by atoms with Crippen LogP contribution in [0.5, 0.6) is 5.88 Å². The Hall–Kier alpha value is -2.42. The number of hydrogen-bond donors (Lipinski definition) is 0. The van der Waals surface area contributed by atoms with E-state index < -0.39 is 12.0 Å². The maximum Gasteiger partial charge on any atom is 0.255 e. The molecule has 0 bridgehead atoms. The molecule has 0 saturated heterocycles. The zero-order valence-electron chi connectivity index (χ0n) is 21.2. The summed E-state index contributed by atoms with van der Waals surface area (Å²) in [5.74, 6) is -0.580. The summed E-state index contributed by atoms with van der Waals surface area (Å²) in [6.07, 6.45) is 9.63. The molecule has 2 fully saturated rings. The second-order valence-corrected chi connectivity index (χ2v) is 11.0. The lowest BCUT2D eigenvalue weighted by atomic mass is 9.78. The van der Waals surface area contributed by atoms with E-state index in [4.69, 9.17) is 4.74 Å². The van der Waals surface area contributed by atoms with Crippen molar-refractivity contribution in [2.75, 3.05) is 19.6 Å². The molecule has 5 rings (SSSR count). The van der Waals surface area contributed by atoms with Crippen LogP contribution in [0.15, 0.2) is 18.3 Å².